The third-order valence-corrected chi connectivity index (χ3v) is 1.65. The first-order valence-corrected chi connectivity index (χ1v) is 4.48. The highest BCUT2D eigenvalue weighted by Crippen LogP contribution is 1.91. The predicted octanol–water partition coefficient (Wildman–Crippen LogP) is -0.394. The smallest absolute Gasteiger partial charge is 0.243 e. The monoisotopic (exact) mass is 197 g/mol. The molecule has 4 N–H and O–H groups in total. The van der Waals surface area contributed by atoms with Gasteiger partial charge in [-0.2, -0.15) is 0 Å². The molecule has 78 valence electrons. The summed E-state index contributed by atoms with van der Waals surface area (Å²) >= 11 is 0. The van der Waals surface area contributed by atoms with Crippen molar-refractivity contribution in [1.29, 1.82) is 0 Å². The standard InChI is InChI=1S/C9H15N3O2/c10-9(13)7-14-5-4-11-6-8-2-1-3-12-8/h1-3,11-12H,4-7H2,(H2,10,13). The Kier molecular flexibility index (Phi) is 4.74. The lowest BCUT2D eigenvalue weighted by atomic mass is 10.4. The number of amides is 1. The van der Waals surface area contributed by atoms with Gasteiger partial charge in [-0.3, -0.25) is 4.79 Å². The number of carbonyl (C=O) groups excluding carboxylic acids is 1. The number of hydrogen-bond donors (Lipinski definition) is 3. The first-order valence-electron chi connectivity index (χ1n) is 4.48. The lowest BCUT2D eigenvalue weighted by Gasteiger charge is -2.03. The molecule has 0 aliphatic heterocycles. The van der Waals surface area contributed by atoms with Crippen molar-refractivity contribution in [3.63, 3.8) is 0 Å². The second-order valence-corrected chi connectivity index (χ2v) is 2.89. The lowest BCUT2D eigenvalue weighted by molar-refractivity contribution is -0.122. The largest absolute Gasteiger partial charge is 0.370 e. The summed E-state index contributed by atoms with van der Waals surface area (Å²) in [4.78, 5) is 13.4. The Hall–Kier alpha value is -1.33. The van der Waals surface area contributed by atoms with Gasteiger partial charge in [-0.25, -0.2) is 0 Å². The van der Waals surface area contributed by atoms with E-state index in [1.165, 1.54) is 0 Å². The molecule has 1 amide bonds. The first-order chi connectivity index (χ1) is 6.79. The maximum Gasteiger partial charge on any atom is 0.243 e. The van der Waals surface area contributed by atoms with Crippen molar-refractivity contribution in [3.05, 3.63) is 24.0 Å². The number of aromatic amines is 1. The van der Waals surface area contributed by atoms with Gasteiger partial charge >= 0.3 is 0 Å². The molecule has 0 saturated heterocycles. The topological polar surface area (TPSA) is 80.1 Å². The van der Waals surface area contributed by atoms with Crippen LogP contribution in [0, 0.1) is 0 Å². The number of H-pyrrole nitrogens is 1. The minimum atomic E-state index is -0.436. The fraction of sp³-hybridized carbons (Fsp3) is 0.444. The number of aromatic nitrogens is 1. The summed E-state index contributed by atoms with van der Waals surface area (Å²) in [5, 5.41) is 3.15. The van der Waals surface area contributed by atoms with Crippen LogP contribution in [0.4, 0.5) is 0 Å². The summed E-state index contributed by atoms with van der Waals surface area (Å²) in [5.41, 5.74) is 6.02. The predicted molar refractivity (Wildman–Crippen MR) is 52.5 cm³/mol. The summed E-state index contributed by atoms with van der Waals surface area (Å²) in [6.45, 7) is 1.95. The molecule has 1 rings (SSSR count). The highest BCUT2D eigenvalue weighted by Gasteiger charge is 1.94. The normalized spacial score (nSPS) is 10.3. The summed E-state index contributed by atoms with van der Waals surface area (Å²) in [5.74, 6) is -0.436. The van der Waals surface area contributed by atoms with Crippen molar-refractivity contribution in [3.8, 4) is 0 Å². The van der Waals surface area contributed by atoms with Gasteiger partial charge in [0.1, 0.15) is 6.61 Å². The van der Waals surface area contributed by atoms with Gasteiger partial charge in [0, 0.05) is 25.0 Å². The fourth-order valence-corrected chi connectivity index (χ4v) is 1.02. The molecular formula is C9H15N3O2. The molecule has 1 heterocycles. The zero-order valence-electron chi connectivity index (χ0n) is 7.95. The van der Waals surface area contributed by atoms with Crippen molar-refractivity contribution in [1.82, 2.24) is 10.3 Å². The minimum Gasteiger partial charge on any atom is -0.370 e. The fourth-order valence-electron chi connectivity index (χ4n) is 1.02. The van der Waals surface area contributed by atoms with Crippen LogP contribution in [-0.4, -0.2) is 30.6 Å². The molecule has 5 nitrogen and oxygen atoms in total. The second-order valence-electron chi connectivity index (χ2n) is 2.89. The molecule has 0 bridgehead atoms. The average Bonchev–Trinajstić information content (AvgIpc) is 2.63. The van der Waals surface area contributed by atoms with Crippen LogP contribution in [0.2, 0.25) is 0 Å². The van der Waals surface area contributed by atoms with Gasteiger partial charge in [0.25, 0.3) is 0 Å². The van der Waals surface area contributed by atoms with Gasteiger partial charge in [0.2, 0.25) is 5.91 Å². The molecule has 0 radical (unpaired) electrons. The number of nitrogens with two attached hydrogens (primary N) is 1. The molecule has 0 aromatic carbocycles. The van der Waals surface area contributed by atoms with Crippen molar-refractivity contribution in [2.75, 3.05) is 19.8 Å². The first kappa shape index (κ1) is 10.7. The van der Waals surface area contributed by atoms with E-state index in [9.17, 15) is 4.79 Å². The number of hydrogen-bond acceptors (Lipinski definition) is 3. The average molecular weight is 197 g/mol. The van der Waals surface area contributed by atoms with Gasteiger partial charge in [-0.1, -0.05) is 0 Å². The van der Waals surface area contributed by atoms with Crippen molar-refractivity contribution >= 4 is 5.91 Å². The van der Waals surface area contributed by atoms with E-state index in [0.29, 0.717) is 13.2 Å². The Morgan fingerprint density at radius 2 is 2.50 bits per heavy atom. The van der Waals surface area contributed by atoms with E-state index in [-0.39, 0.29) is 6.61 Å². The van der Waals surface area contributed by atoms with Crippen LogP contribution in [0.1, 0.15) is 5.69 Å². The Balaban J connectivity index is 1.92. The highest BCUT2D eigenvalue weighted by molar-refractivity contribution is 5.74. The molecule has 0 aliphatic rings. The Labute approximate surface area is 82.6 Å². The van der Waals surface area contributed by atoms with E-state index in [0.717, 1.165) is 12.2 Å². The molecule has 0 unspecified atom stereocenters. The third-order valence-electron chi connectivity index (χ3n) is 1.65. The molecule has 0 aliphatic carbocycles. The molecule has 0 fully saturated rings. The Morgan fingerprint density at radius 1 is 1.64 bits per heavy atom. The van der Waals surface area contributed by atoms with Gasteiger partial charge in [0.05, 0.1) is 6.61 Å². The molecular weight excluding hydrogens is 182 g/mol. The van der Waals surface area contributed by atoms with Crippen molar-refractivity contribution < 1.29 is 9.53 Å². The number of ether oxygens (including phenoxy) is 1. The zero-order chi connectivity index (χ0) is 10.2. The quantitative estimate of drug-likeness (QED) is 0.521. The van der Waals surface area contributed by atoms with Crippen LogP contribution in [-0.2, 0) is 16.1 Å². The van der Waals surface area contributed by atoms with E-state index in [4.69, 9.17) is 10.5 Å². The number of carbonyl (C=O) groups is 1. The van der Waals surface area contributed by atoms with Gasteiger partial charge in [0.15, 0.2) is 0 Å². The molecule has 1 aromatic rings. The van der Waals surface area contributed by atoms with Crippen LogP contribution in [0.3, 0.4) is 0 Å². The van der Waals surface area contributed by atoms with E-state index < -0.39 is 5.91 Å². The van der Waals surface area contributed by atoms with Crippen LogP contribution < -0.4 is 11.1 Å². The molecule has 5 heteroatoms. The third kappa shape index (κ3) is 4.64. The van der Waals surface area contributed by atoms with Crippen LogP contribution in [0.5, 0.6) is 0 Å². The Bertz CT molecular complexity index is 259. The summed E-state index contributed by atoms with van der Waals surface area (Å²) in [7, 11) is 0. The molecule has 14 heavy (non-hydrogen) atoms. The van der Waals surface area contributed by atoms with Crippen LogP contribution >= 0.6 is 0 Å². The van der Waals surface area contributed by atoms with Gasteiger partial charge < -0.3 is 20.8 Å². The number of rotatable bonds is 7. The SMILES string of the molecule is NC(=O)COCCNCc1ccc[nH]1. The Morgan fingerprint density at radius 3 is 3.14 bits per heavy atom. The van der Waals surface area contributed by atoms with E-state index in [1.54, 1.807) is 0 Å². The van der Waals surface area contributed by atoms with Crippen LogP contribution in [0.15, 0.2) is 18.3 Å². The molecule has 1 aromatic heterocycles. The van der Waals surface area contributed by atoms with Crippen LogP contribution in [0.25, 0.3) is 0 Å². The van der Waals surface area contributed by atoms with Crippen molar-refractivity contribution in [2.24, 2.45) is 5.73 Å². The number of primary amides is 1. The van der Waals surface area contributed by atoms with E-state index in [1.807, 2.05) is 18.3 Å². The number of nitrogens with one attached hydrogen (secondary N) is 2. The zero-order valence-corrected chi connectivity index (χ0v) is 7.95. The minimum absolute atomic E-state index is 0.00974. The van der Waals surface area contributed by atoms with Crippen molar-refractivity contribution in [2.45, 2.75) is 6.54 Å². The summed E-state index contributed by atoms with van der Waals surface area (Å²) in [6.07, 6.45) is 1.88. The summed E-state index contributed by atoms with van der Waals surface area (Å²) < 4.78 is 4.97. The maximum atomic E-state index is 10.3. The molecule has 0 atom stereocenters. The second kappa shape index (κ2) is 6.17. The van der Waals surface area contributed by atoms with Gasteiger partial charge in [-0.05, 0) is 12.1 Å². The maximum absolute atomic E-state index is 10.3. The van der Waals surface area contributed by atoms with Gasteiger partial charge in [-0.15, -0.1) is 0 Å². The lowest BCUT2D eigenvalue weighted by Crippen LogP contribution is -2.23. The van der Waals surface area contributed by atoms with E-state index >= 15 is 0 Å². The molecule has 0 spiro atoms. The highest BCUT2D eigenvalue weighted by atomic mass is 16.5. The molecule has 0 saturated carbocycles. The van der Waals surface area contributed by atoms with E-state index in [2.05, 4.69) is 10.3 Å². The summed E-state index contributed by atoms with van der Waals surface area (Å²) in [6, 6.07) is 3.94.